The van der Waals surface area contributed by atoms with Crippen molar-refractivity contribution in [3.63, 3.8) is 0 Å². The third-order valence-electron chi connectivity index (χ3n) is 3.49. The Kier molecular flexibility index (Phi) is 4.76. The van der Waals surface area contributed by atoms with Crippen LogP contribution < -0.4 is 19.5 Å². The molecular formula is C17H15ClFNO4. The molecule has 5 nitrogen and oxygen atoms in total. The molecule has 0 spiro atoms. The number of carbonyl (C=O) groups excluding carboxylic acids is 1. The smallest absolute Gasteiger partial charge is 0.259 e. The van der Waals surface area contributed by atoms with Gasteiger partial charge >= 0.3 is 0 Å². The summed E-state index contributed by atoms with van der Waals surface area (Å²) in [6.07, 6.45) is 0.745. The summed E-state index contributed by atoms with van der Waals surface area (Å²) in [4.78, 5) is 12.5. The zero-order chi connectivity index (χ0) is 17.1. The van der Waals surface area contributed by atoms with E-state index in [9.17, 15) is 9.18 Å². The van der Waals surface area contributed by atoms with Crippen LogP contribution in [0.15, 0.2) is 30.3 Å². The zero-order valence-corrected chi connectivity index (χ0v) is 13.7. The fraction of sp³-hybridized carbons (Fsp3) is 0.235. The SMILES string of the molecule is COc1cc2c(cc1C(=O)Nc1ccc(Cl)cc1F)OCCCO2. The maximum absolute atomic E-state index is 13.9. The first-order valence-electron chi connectivity index (χ1n) is 7.32. The van der Waals surface area contributed by atoms with E-state index in [4.69, 9.17) is 25.8 Å². The summed E-state index contributed by atoms with van der Waals surface area (Å²) in [5, 5.41) is 2.75. The van der Waals surface area contributed by atoms with Gasteiger partial charge in [0.25, 0.3) is 5.91 Å². The van der Waals surface area contributed by atoms with Crippen molar-refractivity contribution in [2.24, 2.45) is 0 Å². The van der Waals surface area contributed by atoms with Crippen LogP contribution in [-0.4, -0.2) is 26.2 Å². The Morgan fingerprint density at radius 2 is 1.92 bits per heavy atom. The van der Waals surface area contributed by atoms with Crippen LogP contribution in [0.3, 0.4) is 0 Å². The van der Waals surface area contributed by atoms with Gasteiger partial charge < -0.3 is 19.5 Å². The third-order valence-corrected chi connectivity index (χ3v) is 3.73. The number of methoxy groups -OCH3 is 1. The molecule has 2 aromatic rings. The van der Waals surface area contributed by atoms with Crippen molar-refractivity contribution < 1.29 is 23.4 Å². The molecule has 0 aromatic heterocycles. The second-order valence-corrected chi connectivity index (χ2v) is 5.56. The molecule has 1 aliphatic rings. The highest BCUT2D eigenvalue weighted by Crippen LogP contribution is 2.36. The Balaban J connectivity index is 1.92. The van der Waals surface area contributed by atoms with Crippen LogP contribution in [-0.2, 0) is 0 Å². The number of rotatable bonds is 3. The Morgan fingerprint density at radius 3 is 2.58 bits per heavy atom. The third kappa shape index (κ3) is 3.38. The van der Waals surface area contributed by atoms with Gasteiger partial charge in [0.05, 0.1) is 31.6 Å². The van der Waals surface area contributed by atoms with Gasteiger partial charge in [-0.1, -0.05) is 11.6 Å². The summed E-state index contributed by atoms with van der Waals surface area (Å²) in [5.41, 5.74) is 0.245. The molecule has 126 valence electrons. The van der Waals surface area contributed by atoms with E-state index in [-0.39, 0.29) is 16.3 Å². The number of ether oxygens (including phenoxy) is 3. The predicted molar refractivity (Wildman–Crippen MR) is 88.0 cm³/mol. The monoisotopic (exact) mass is 351 g/mol. The molecule has 1 N–H and O–H groups in total. The van der Waals surface area contributed by atoms with Crippen molar-refractivity contribution in [1.82, 2.24) is 0 Å². The second-order valence-electron chi connectivity index (χ2n) is 5.13. The lowest BCUT2D eigenvalue weighted by Gasteiger charge is -2.14. The minimum atomic E-state index is -0.621. The topological polar surface area (TPSA) is 56.8 Å². The maximum Gasteiger partial charge on any atom is 0.259 e. The highest BCUT2D eigenvalue weighted by Gasteiger charge is 2.20. The normalized spacial score (nSPS) is 13.1. The molecule has 0 aliphatic carbocycles. The lowest BCUT2D eigenvalue weighted by atomic mass is 10.1. The van der Waals surface area contributed by atoms with Crippen LogP contribution in [0.4, 0.5) is 10.1 Å². The van der Waals surface area contributed by atoms with Crippen molar-refractivity contribution >= 4 is 23.2 Å². The molecule has 3 rings (SSSR count). The van der Waals surface area contributed by atoms with Gasteiger partial charge in [0.2, 0.25) is 0 Å². The Morgan fingerprint density at radius 1 is 1.21 bits per heavy atom. The summed E-state index contributed by atoms with van der Waals surface area (Å²) < 4.78 is 30.3. The van der Waals surface area contributed by atoms with Crippen LogP contribution in [0.2, 0.25) is 5.02 Å². The first kappa shape index (κ1) is 16.4. The minimum absolute atomic E-state index is 0.0264. The number of hydrogen-bond donors (Lipinski definition) is 1. The summed E-state index contributed by atoms with van der Waals surface area (Å²) in [5.74, 6) is 0.132. The van der Waals surface area contributed by atoms with Crippen molar-refractivity contribution in [2.75, 3.05) is 25.6 Å². The molecule has 0 fully saturated rings. The molecular weight excluding hydrogens is 337 g/mol. The minimum Gasteiger partial charge on any atom is -0.496 e. The molecule has 1 heterocycles. The van der Waals surface area contributed by atoms with E-state index in [1.807, 2.05) is 0 Å². The molecule has 0 saturated carbocycles. The summed E-state index contributed by atoms with van der Waals surface area (Å²) >= 11 is 5.71. The number of amides is 1. The molecule has 7 heteroatoms. The second kappa shape index (κ2) is 6.97. The van der Waals surface area contributed by atoms with Crippen molar-refractivity contribution in [3.8, 4) is 17.2 Å². The summed E-state index contributed by atoms with van der Waals surface area (Å²) in [6.45, 7) is 1.02. The van der Waals surface area contributed by atoms with Crippen LogP contribution in [0.25, 0.3) is 0 Å². The van der Waals surface area contributed by atoms with E-state index in [1.54, 1.807) is 6.07 Å². The standard InChI is InChI=1S/C17H15ClFNO4/c1-22-14-9-16-15(23-5-2-6-24-16)8-11(14)17(21)20-13-4-3-10(18)7-12(13)19/h3-4,7-9H,2,5-6H2,1H3,(H,20,21). The van der Waals surface area contributed by atoms with Gasteiger partial charge in [0, 0.05) is 23.6 Å². The number of halogens is 2. The largest absolute Gasteiger partial charge is 0.496 e. The number of fused-ring (bicyclic) bond motifs is 1. The fourth-order valence-electron chi connectivity index (χ4n) is 2.32. The van der Waals surface area contributed by atoms with Gasteiger partial charge in [0.1, 0.15) is 11.6 Å². The van der Waals surface area contributed by atoms with E-state index in [0.29, 0.717) is 30.5 Å². The molecule has 0 unspecified atom stereocenters. The maximum atomic E-state index is 13.9. The molecule has 1 amide bonds. The lowest BCUT2D eigenvalue weighted by Crippen LogP contribution is -2.14. The quantitative estimate of drug-likeness (QED) is 0.911. The number of anilines is 1. The fourth-order valence-corrected chi connectivity index (χ4v) is 2.48. The Hall–Kier alpha value is -2.47. The van der Waals surface area contributed by atoms with Crippen molar-refractivity contribution in [3.05, 3.63) is 46.7 Å². The number of hydrogen-bond acceptors (Lipinski definition) is 4. The van der Waals surface area contributed by atoms with Crippen LogP contribution in [0.5, 0.6) is 17.2 Å². The first-order valence-corrected chi connectivity index (χ1v) is 7.70. The lowest BCUT2D eigenvalue weighted by molar-refractivity contribution is 0.102. The van der Waals surface area contributed by atoms with Gasteiger partial charge in [-0.2, -0.15) is 0 Å². The van der Waals surface area contributed by atoms with Crippen LogP contribution in [0.1, 0.15) is 16.8 Å². The molecule has 1 aliphatic heterocycles. The van der Waals surface area contributed by atoms with Gasteiger partial charge in [-0.05, 0) is 18.2 Å². The average Bonchev–Trinajstić information content (AvgIpc) is 2.80. The highest BCUT2D eigenvalue weighted by atomic mass is 35.5. The van der Waals surface area contributed by atoms with E-state index in [1.165, 1.54) is 25.3 Å². The molecule has 0 bridgehead atoms. The predicted octanol–water partition coefficient (Wildman–Crippen LogP) is 3.90. The Labute approximate surface area is 143 Å². The first-order chi connectivity index (χ1) is 11.6. The van der Waals surface area contributed by atoms with Gasteiger partial charge in [-0.3, -0.25) is 4.79 Å². The highest BCUT2D eigenvalue weighted by molar-refractivity contribution is 6.30. The molecule has 0 atom stereocenters. The number of carbonyl (C=O) groups is 1. The molecule has 0 radical (unpaired) electrons. The van der Waals surface area contributed by atoms with Crippen LogP contribution in [0, 0.1) is 5.82 Å². The Bertz CT molecular complexity index is 781. The van der Waals surface area contributed by atoms with E-state index < -0.39 is 11.7 Å². The van der Waals surface area contributed by atoms with E-state index in [0.717, 1.165) is 12.5 Å². The van der Waals surface area contributed by atoms with Gasteiger partial charge in [0.15, 0.2) is 11.5 Å². The number of benzene rings is 2. The average molecular weight is 352 g/mol. The molecule has 0 saturated heterocycles. The van der Waals surface area contributed by atoms with Gasteiger partial charge in [-0.15, -0.1) is 0 Å². The number of nitrogens with one attached hydrogen (secondary N) is 1. The van der Waals surface area contributed by atoms with Gasteiger partial charge in [-0.25, -0.2) is 4.39 Å². The molecule has 2 aromatic carbocycles. The molecule has 24 heavy (non-hydrogen) atoms. The summed E-state index contributed by atoms with van der Waals surface area (Å²) in [7, 11) is 1.44. The van der Waals surface area contributed by atoms with E-state index >= 15 is 0 Å². The van der Waals surface area contributed by atoms with Crippen molar-refractivity contribution in [2.45, 2.75) is 6.42 Å². The van der Waals surface area contributed by atoms with Crippen LogP contribution >= 0.6 is 11.6 Å². The van der Waals surface area contributed by atoms with Crippen molar-refractivity contribution in [1.29, 1.82) is 0 Å². The van der Waals surface area contributed by atoms with E-state index in [2.05, 4.69) is 5.32 Å². The zero-order valence-electron chi connectivity index (χ0n) is 12.9. The summed E-state index contributed by atoms with van der Waals surface area (Å²) in [6, 6.07) is 7.13.